The van der Waals surface area contributed by atoms with Crippen molar-refractivity contribution in [2.24, 2.45) is 5.73 Å². The van der Waals surface area contributed by atoms with Crippen molar-refractivity contribution in [3.05, 3.63) is 71.3 Å². The van der Waals surface area contributed by atoms with E-state index in [2.05, 4.69) is 10.6 Å². The zero-order valence-corrected chi connectivity index (χ0v) is 15.2. The highest BCUT2D eigenvalue weighted by Gasteiger charge is 2.29. The summed E-state index contributed by atoms with van der Waals surface area (Å²) < 4.78 is 0. The Morgan fingerprint density at radius 2 is 1.68 bits per heavy atom. The predicted octanol–water partition coefficient (Wildman–Crippen LogP) is 0.709. The molecular formula is C21H21N3O4. The second kappa shape index (κ2) is 8.47. The first-order chi connectivity index (χ1) is 13.4. The molecule has 0 aliphatic carbocycles. The first-order valence-electron chi connectivity index (χ1n) is 9.02. The van der Waals surface area contributed by atoms with Crippen molar-refractivity contribution in [2.75, 3.05) is 0 Å². The molecule has 1 aliphatic heterocycles. The Hall–Kier alpha value is -3.48. The summed E-state index contributed by atoms with van der Waals surface area (Å²) in [5.74, 6) is -1.37. The minimum atomic E-state index is -0.902. The van der Waals surface area contributed by atoms with Gasteiger partial charge in [-0.05, 0) is 12.0 Å². The number of nitrogens with one attached hydrogen (secondary N) is 2. The van der Waals surface area contributed by atoms with Crippen LogP contribution in [0.3, 0.4) is 0 Å². The maximum Gasteiger partial charge on any atom is 0.243 e. The molecule has 3 amide bonds. The van der Waals surface area contributed by atoms with Gasteiger partial charge >= 0.3 is 0 Å². The Morgan fingerprint density at radius 3 is 2.25 bits per heavy atom. The molecule has 2 aromatic carbocycles. The Kier molecular flexibility index (Phi) is 5.84. The van der Waals surface area contributed by atoms with Gasteiger partial charge in [0.25, 0.3) is 0 Å². The number of nitrogens with two attached hydrogens (primary N) is 1. The van der Waals surface area contributed by atoms with Crippen molar-refractivity contribution in [2.45, 2.75) is 31.3 Å². The average molecular weight is 379 g/mol. The number of hydrogen-bond donors (Lipinski definition) is 3. The Morgan fingerprint density at radius 1 is 1.04 bits per heavy atom. The third kappa shape index (κ3) is 4.62. The molecule has 0 unspecified atom stereocenters. The number of hydrogen-bond acceptors (Lipinski definition) is 4. The summed E-state index contributed by atoms with van der Waals surface area (Å²) in [6.45, 7) is 0. The van der Waals surface area contributed by atoms with Crippen LogP contribution in [-0.2, 0) is 20.8 Å². The fraction of sp³-hybridized carbons (Fsp3) is 0.238. The fourth-order valence-electron chi connectivity index (χ4n) is 3.09. The van der Waals surface area contributed by atoms with Gasteiger partial charge in [-0.25, -0.2) is 0 Å². The molecule has 1 fully saturated rings. The van der Waals surface area contributed by atoms with E-state index in [1.54, 1.807) is 48.5 Å². The van der Waals surface area contributed by atoms with Gasteiger partial charge in [-0.2, -0.15) is 0 Å². The summed E-state index contributed by atoms with van der Waals surface area (Å²) in [6.07, 6.45) is 0.879. The van der Waals surface area contributed by atoms with Crippen molar-refractivity contribution >= 4 is 23.5 Å². The van der Waals surface area contributed by atoms with Crippen LogP contribution in [-0.4, -0.2) is 35.6 Å². The lowest BCUT2D eigenvalue weighted by Crippen LogP contribution is -2.51. The molecule has 3 rings (SSSR count). The highest BCUT2D eigenvalue weighted by Crippen LogP contribution is 2.13. The van der Waals surface area contributed by atoms with Crippen molar-refractivity contribution in [3.8, 4) is 0 Å². The largest absolute Gasteiger partial charge is 0.368 e. The van der Waals surface area contributed by atoms with Crippen LogP contribution in [0.1, 0.15) is 34.3 Å². The zero-order chi connectivity index (χ0) is 20.1. The fourth-order valence-corrected chi connectivity index (χ4v) is 3.09. The first-order valence-corrected chi connectivity index (χ1v) is 9.02. The zero-order valence-electron chi connectivity index (χ0n) is 15.2. The maximum atomic E-state index is 12.4. The summed E-state index contributed by atoms with van der Waals surface area (Å²) in [6, 6.07) is 14.2. The molecule has 1 saturated heterocycles. The molecule has 2 aromatic rings. The number of amides is 3. The monoisotopic (exact) mass is 379 g/mol. The highest BCUT2D eigenvalue weighted by atomic mass is 16.2. The molecule has 0 spiro atoms. The van der Waals surface area contributed by atoms with E-state index in [-0.39, 0.29) is 24.5 Å². The van der Waals surface area contributed by atoms with Crippen LogP contribution in [0.25, 0.3) is 0 Å². The van der Waals surface area contributed by atoms with Gasteiger partial charge in [0.05, 0.1) is 0 Å². The van der Waals surface area contributed by atoms with E-state index in [1.165, 1.54) is 0 Å². The van der Waals surface area contributed by atoms with Crippen LogP contribution in [0.15, 0.2) is 54.6 Å². The van der Waals surface area contributed by atoms with Crippen molar-refractivity contribution in [3.63, 3.8) is 0 Å². The normalized spacial score (nSPS) is 16.9. The molecule has 144 valence electrons. The second-order valence-electron chi connectivity index (χ2n) is 6.72. The van der Waals surface area contributed by atoms with Gasteiger partial charge in [0.15, 0.2) is 5.78 Å². The highest BCUT2D eigenvalue weighted by molar-refractivity contribution is 6.08. The minimum absolute atomic E-state index is 0.0936. The van der Waals surface area contributed by atoms with Crippen molar-refractivity contribution in [1.29, 1.82) is 0 Å². The van der Waals surface area contributed by atoms with Crippen LogP contribution in [0.5, 0.6) is 0 Å². The number of primary amides is 1. The lowest BCUT2D eigenvalue weighted by atomic mass is 9.99. The van der Waals surface area contributed by atoms with E-state index >= 15 is 0 Å². The van der Waals surface area contributed by atoms with Crippen molar-refractivity contribution in [1.82, 2.24) is 10.6 Å². The number of benzene rings is 2. The molecule has 7 nitrogen and oxygen atoms in total. The first kappa shape index (κ1) is 19.3. The summed E-state index contributed by atoms with van der Waals surface area (Å²) in [7, 11) is 0. The molecule has 0 saturated carbocycles. The van der Waals surface area contributed by atoms with Gasteiger partial charge in [0.1, 0.15) is 12.1 Å². The van der Waals surface area contributed by atoms with Crippen LogP contribution in [0.4, 0.5) is 0 Å². The number of rotatable bonds is 7. The van der Waals surface area contributed by atoms with Gasteiger partial charge in [-0.15, -0.1) is 0 Å². The van der Waals surface area contributed by atoms with Gasteiger partial charge in [-0.1, -0.05) is 54.6 Å². The van der Waals surface area contributed by atoms with Crippen LogP contribution in [0, 0.1) is 0 Å². The standard InChI is InChI=1S/C21H21N3O4/c22-20(27)17(24-21(28)16-10-11-18(25)23-16)12-13-6-8-15(9-7-13)19(26)14-4-2-1-3-5-14/h1-9,16-17H,10-12H2,(H2,22,27)(H,23,25)(H,24,28)/t16-,17-/m1/s1. The summed E-state index contributed by atoms with van der Waals surface area (Å²) in [5, 5.41) is 5.15. The Bertz CT molecular complexity index is 894. The van der Waals surface area contributed by atoms with E-state index in [0.717, 1.165) is 5.56 Å². The van der Waals surface area contributed by atoms with Crippen LogP contribution in [0.2, 0.25) is 0 Å². The minimum Gasteiger partial charge on any atom is -0.368 e. The smallest absolute Gasteiger partial charge is 0.243 e. The van der Waals surface area contributed by atoms with Gasteiger partial charge in [-0.3, -0.25) is 19.2 Å². The van der Waals surface area contributed by atoms with E-state index in [1.807, 2.05) is 6.07 Å². The molecule has 7 heteroatoms. The summed E-state index contributed by atoms with van der Waals surface area (Å²) >= 11 is 0. The molecule has 0 aromatic heterocycles. The lowest BCUT2D eigenvalue weighted by Gasteiger charge is -2.18. The van der Waals surface area contributed by atoms with Gasteiger partial charge in [0.2, 0.25) is 17.7 Å². The topological polar surface area (TPSA) is 118 Å². The van der Waals surface area contributed by atoms with Crippen molar-refractivity contribution < 1.29 is 19.2 Å². The lowest BCUT2D eigenvalue weighted by molar-refractivity contribution is -0.129. The molecule has 1 heterocycles. The molecule has 0 radical (unpaired) electrons. The SMILES string of the molecule is NC(=O)[C@@H](Cc1ccc(C(=O)c2ccccc2)cc1)NC(=O)[C@H]1CCC(=O)N1. The number of ketones is 1. The molecule has 0 bridgehead atoms. The number of carbonyl (C=O) groups excluding carboxylic acids is 4. The molecule has 28 heavy (non-hydrogen) atoms. The quantitative estimate of drug-likeness (QED) is 0.614. The summed E-state index contributed by atoms with van der Waals surface area (Å²) in [5.41, 5.74) is 7.30. The molecule has 4 N–H and O–H groups in total. The van der Waals surface area contributed by atoms with Crippen LogP contribution >= 0.6 is 0 Å². The second-order valence-corrected chi connectivity index (χ2v) is 6.72. The van der Waals surface area contributed by atoms with E-state index in [9.17, 15) is 19.2 Å². The molecular weight excluding hydrogens is 358 g/mol. The molecule has 2 atom stereocenters. The van der Waals surface area contributed by atoms with E-state index in [0.29, 0.717) is 17.5 Å². The molecule has 1 aliphatic rings. The average Bonchev–Trinajstić information content (AvgIpc) is 3.14. The third-order valence-corrected chi connectivity index (χ3v) is 4.66. The van der Waals surface area contributed by atoms with E-state index < -0.39 is 23.9 Å². The summed E-state index contributed by atoms with van der Waals surface area (Å²) in [4.78, 5) is 47.7. The van der Waals surface area contributed by atoms with Crippen LogP contribution < -0.4 is 16.4 Å². The third-order valence-electron chi connectivity index (χ3n) is 4.66. The van der Waals surface area contributed by atoms with Gasteiger partial charge < -0.3 is 16.4 Å². The maximum absolute atomic E-state index is 12.4. The predicted molar refractivity (Wildman–Crippen MR) is 102 cm³/mol. The van der Waals surface area contributed by atoms with E-state index in [4.69, 9.17) is 5.73 Å². The Labute approximate surface area is 162 Å². The Balaban J connectivity index is 1.65. The number of carbonyl (C=O) groups is 4. The van der Waals surface area contributed by atoms with Gasteiger partial charge in [0, 0.05) is 24.0 Å².